The first kappa shape index (κ1) is 6.04. The molecule has 3 heteroatoms. The standard InChI is InChI=1S/C6H7NO2/c1-2-5(8)6-7-3-4-9-6/h2-5,8H,1H2. The fourth-order valence-corrected chi connectivity index (χ4v) is 0.481. The highest BCUT2D eigenvalue weighted by molar-refractivity contribution is 4.94. The Balaban J connectivity index is 2.76. The van der Waals surface area contributed by atoms with Crippen LogP contribution in [0.15, 0.2) is 29.5 Å². The number of rotatable bonds is 2. The Labute approximate surface area is 52.6 Å². The number of hydrogen-bond acceptors (Lipinski definition) is 3. The Morgan fingerprint density at radius 3 is 3.11 bits per heavy atom. The van der Waals surface area contributed by atoms with Gasteiger partial charge >= 0.3 is 0 Å². The molecule has 0 fully saturated rings. The highest BCUT2D eigenvalue weighted by Crippen LogP contribution is 2.08. The van der Waals surface area contributed by atoms with E-state index in [4.69, 9.17) is 9.52 Å². The van der Waals surface area contributed by atoms with Crippen LogP contribution in [0.4, 0.5) is 0 Å². The molecule has 0 amide bonds. The van der Waals surface area contributed by atoms with Gasteiger partial charge in [-0.25, -0.2) is 4.98 Å². The predicted molar refractivity (Wildman–Crippen MR) is 31.7 cm³/mol. The van der Waals surface area contributed by atoms with Crippen LogP contribution >= 0.6 is 0 Å². The third kappa shape index (κ3) is 1.17. The minimum absolute atomic E-state index is 0.282. The first-order valence-corrected chi connectivity index (χ1v) is 2.54. The summed E-state index contributed by atoms with van der Waals surface area (Å²) >= 11 is 0. The monoisotopic (exact) mass is 125 g/mol. The number of nitrogens with zero attached hydrogens (tertiary/aromatic N) is 1. The van der Waals surface area contributed by atoms with Crippen LogP contribution in [-0.4, -0.2) is 10.1 Å². The van der Waals surface area contributed by atoms with Crippen molar-refractivity contribution >= 4 is 0 Å². The minimum atomic E-state index is -0.778. The molecule has 1 aromatic heterocycles. The third-order valence-electron chi connectivity index (χ3n) is 0.928. The Bertz CT molecular complexity index is 181. The number of aliphatic hydroxyl groups excluding tert-OH is 1. The van der Waals surface area contributed by atoms with Crippen LogP contribution in [0.25, 0.3) is 0 Å². The van der Waals surface area contributed by atoms with Crippen LogP contribution in [0.3, 0.4) is 0 Å². The molecule has 0 saturated carbocycles. The average molecular weight is 125 g/mol. The Morgan fingerprint density at radius 2 is 2.67 bits per heavy atom. The van der Waals surface area contributed by atoms with E-state index in [1.165, 1.54) is 18.5 Å². The van der Waals surface area contributed by atoms with E-state index in [9.17, 15) is 0 Å². The number of aromatic nitrogens is 1. The Hall–Kier alpha value is -1.09. The van der Waals surface area contributed by atoms with Gasteiger partial charge < -0.3 is 9.52 Å². The van der Waals surface area contributed by atoms with Gasteiger partial charge in [-0.3, -0.25) is 0 Å². The van der Waals surface area contributed by atoms with E-state index in [0.717, 1.165) is 0 Å². The molecule has 0 bridgehead atoms. The summed E-state index contributed by atoms with van der Waals surface area (Å²) in [5, 5.41) is 8.94. The van der Waals surface area contributed by atoms with Crippen LogP contribution in [0.1, 0.15) is 12.0 Å². The van der Waals surface area contributed by atoms with E-state index in [-0.39, 0.29) is 5.89 Å². The number of hydrogen-bond donors (Lipinski definition) is 1. The Morgan fingerprint density at radius 1 is 1.89 bits per heavy atom. The van der Waals surface area contributed by atoms with Gasteiger partial charge in [0.15, 0.2) is 0 Å². The molecule has 3 nitrogen and oxygen atoms in total. The van der Waals surface area contributed by atoms with Crippen LogP contribution in [-0.2, 0) is 0 Å². The van der Waals surface area contributed by atoms with Gasteiger partial charge in [0, 0.05) is 0 Å². The summed E-state index contributed by atoms with van der Waals surface area (Å²) in [4.78, 5) is 3.70. The summed E-state index contributed by atoms with van der Waals surface area (Å²) < 4.78 is 4.75. The molecule has 0 aliphatic rings. The molecule has 9 heavy (non-hydrogen) atoms. The third-order valence-corrected chi connectivity index (χ3v) is 0.928. The van der Waals surface area contributed by atoms with Crippen molar-refractivity contribution in [2.75, 3.05) is 0 Å². The molecule has 1 aromatic rings. The van der Waals surface area contributed by atoms with E-state index in [1.807, 2.05) is 0 Å². The zero-order valence-corrected chi connectivity index (χ0v) is 4.82. The summed E-state index contributed by atoms with van der Waals surface area (Å²) in [6.45, 7) is 3.37. The van der Waals surface area contributed by atoms with Crippen LogP contribution in [0.5, 0.6) is 0 Å². The van der Waals surface area contributed by atoms with Crippen molar-refractivity contribution in [3.63, 3.8) is 0 Å². The van der Waals surface area contributed by atoms with Gasteiger partial charge in [-0.1, -0.05) is 12.7 Å². The molecule has 1 N–H and O–H groups in total. The summed E-state index contributed by atoms with van der Waals surface area (Å²) in [6.07, 6.45) is 3.45. The van der Waals surface area contributed by atoms with Crippen LogP contribution in [0, 0.1) is 0 Å². The highest BCUT2D eigenvalue weighted by Gasteiger charge is 2.04. The van der Waals surface area contributed by atoms with Crippen molar-refractivity contribution in [1.82, 2.24) is 4.98 Å². The van der Waals surface area contributed by atoms with Gasteiger partial charge in [-0.05, 0) is 0 Å². The molecule has 0 radical (unpaired) electrons. The van der Waals surface area contributed by atoms with Crippen molar-refractivity contribution < 1.29 is 9.52 Å². The summed E-state index contributed by atoms with van der Waals surface area (Å²) in [5.74, 6) is 0.282. The Kier molecular flexibility index (Phi) is 1.65. The van der Waals surface area contributed by atoms with E-state index < -0.39 is 6.10 Å². The lowest BCUT2D eigenvalue weighted by Crippen LogP contribution is -1.90. The smallest absolute Gasteiger partial charge is 0.226 e. The molecular weight excluding hydrogens is 118 g/mol. The zero-order chi connectivity index (χ0) is 6.69. The van der Waals surface area contributed by atoms with Crippen molar-refractivity contribution in [3.05, 3.63) is 31.0 Å². The molecule has 1 unspecified atom stereocenters. The van der Waals surface area contributed by atoms with Crippen molar-refractivity contribution in [2.45, 2.75) is 6.10 Å². The first-order valence-electron chi connectivity index (χ1n) is 2.54. The molecule has 0 aliphatic carbocycles. The van der Waals surface area contributed by atoms with Gasteiger partial charge in [0.2, 0.25) is 5.89 Å². The lowest BCUT2D eigenvalue weighted by molar-refractivity contribution is 0.190. The maximum atomic E-state index is 8.94. The zero-order valence-electron chi connectivity index (χ0n) is 4.82. The van der Waals surface area contributed by atoms with Crippen LogP contribution < -0.4 is 0 Å². The molecule has 48 valence electrons. The largest absolute Gasteiger partial charge is 0.446 e. The van der Waals surface area contributed by atoms with E-state index in [2.05, 4.69) is 11.6 Å². The summed E-state index contributed by atoms with van der Waals surface area (Å²) in [5.41, 5.74) is 0. The van der Waals surface area contributed by atoms with E-state index in [0.29, 0.717) is 0 Å². The fourth-order valence-electron chi connectivity index (χ4n) is 0.481. The topological polar surface area (TPSA) is 46.3 Å². The number of aliphatic hydroxyl groups is 1. The van der Waals surface area contributed by atoms with Gasteiger partial charge in [0.05, 0.1) is 6.20 Å². The predicted octanol–water partition coefficient (Wildman–Crippen LogP) is 0.894. The second-order valence-electron chi connectivity index (χ2n) is 1.55. The van der Waals surface area contributed by atoms with Crippen LogP contribution in [0.2, 0.25) is 0 Å². The second-order valence-corrected chi connectivity index (χ2v) is 1.55. The lowest BCUT2D eigenvalue weighted by atomic mass is 10.4. The first-order chi connectivity index (χ1) is 4.34. The van der Waals surface area contributed by atoms with Crippen molar-refractivity contribution in [1.29, 1.82) is 0 Å². The molecule has 1 atom stereocenters. The van der Waals surface area contributed by atoms with Gasteiger partial charge in [0.25, 0.3) is 0 Å². The van der Waals surface area contributed by atoms with Gasteiger partial charge in [0.1, 0.15) is 12.4 Å². The van der Waals surface area contributed by atoms with Crippen molar-refractivity contribution in [2.24, 2.45) is 0 Å². The summed E-state index contributed by atoms with van der Waals surface area (Å²) in [6, 6.07) is 0. The van der Waals surface area contributed by atoms with Gasteiger partial charge in [-0.15, -0.1) is 0 Å². The molecule has 1 rings (SSSR count). The fraction of sp³-hybridized carbons (Fsp3) is 0.167. The summed E-state index contributed by atoms with van der Waals surface area (Å²) in [7, 11) is 0. The highest BCUT2D eigenvalue weighted by atomic mass is 16.4. The van der Waals surface area contributed by atoms with Gasteiger partial charge in [-0.2, -0.15) is 0 Å². The molecule has 0 aliphatic heterocycles. The van der Waals surface area contributed by atoms with E-state index in [1.54, 1.807) is 0 Å². The average Bonchev–Trinajstić information content (AvgIpc) is 2.37. The maximum Gasteiger partial charge on any atom is 0.226 e. The number of oxazole rings is 1. The maximum absolute atomic E-state index is 8.94. The lowest BCUT2D eigenvalue weighted by Gasteiger charge is -1.94. The molecule has 0 spiro atoms. The minimum Gasteiger partial charge on any atom is -0.446 e. The SMILES string of the molecule is C=CC(O)c1ncco1. The second kappa shape index (κ2) is 2.46. The molecular formula is C6H7NO2. The molecule has 0 saturated heterocycles. The molecule has 1 heterocycles. The quantitative estimate of drug-likeness (QED) is 0.597. The van der Waals surface area contributed by atoms with Crippen molar-refractivity contribution in [3.8, 4) is 0 Å². The molecule has 0 aromatic carbocycles. The normalized spacial score (nSPS) is 13.0. The van der Waals surface area contributed by atoms with E-state index >= 15 is 0 Å².